The predicted octanol–water partition coefficient (Wildman–Crippen LogP) is 3.72. The number of hydrogen-bond acceptors (Lipinski definition) is 8. The third-order valence-electron chi connectivity index (χ3n) is 6.14. The van der Waals surface area contributed by atoms with Gasteiger partial charge in [0.05, 0.1) is 35.6 Å². The molecule has 2 atom stereocenters. The van der Waals surface area contributed by atoms with Gasteiger partial charge in [-0.2, -0.15) is 10.4 Å². The average molecular weight is 485 g/mol. The van der Waals surface area contributed by atoms with Crippen LogP contribution in [-0.2, 0) is 0 Å². The van der Waals surface area contributed by atoms with Crippen LogP contribution in [-0.4, -0.2) is 56.1 Å². The number of rotatable bonds is 7. The number of aromatic nitrogens is 4. The van der Waals surface area contributed by atoms with Gasteiger partial charge in [0.2, 0.25) is 5.88 Å². The van der Waals surface area contributed by atoms with Gasteiger partial charge >= 0.3 is 0 Å². The summed E-state index contributed by atoms with van der Waals surface area (Å²) in [5, 5.41) is 24.0. The van der Waals surface area contributed by atoms with Crippen LogP contribution >= 0.6 is 0 Å². The maximum absolute atomic E-state index is 10.1. The first kappa shape index (κ1) is 23.6. The minimum Gasteiger partial charge on any atom is -0.489 e. The highest BCUT2D eigenvalue weighted by Gasteiger charge is 2.32. The Morgan fingerprint density at radius 1 is 1.17 bits per heavy atom. The summed E-state index contributed by atoms with van der Waals surface area (Å²) in [5.74, 6) is 2.35. The minimum atomic E-state index is -0.981. The molecule has 0 saturated carbocycles. The Labute approximate surface area is 209 Å². The molecule has 4 aromatic heterocycles. The summed E-state index contributed by atoms with van der Waals surface area (Å²) in [7, 11) is 0. The van der Waals surface area contributed by atoms with Gasteiger partial charge in [-0.1, -0.05) is 13.0 Å². The number of pyridine rings is 3. The van der Waals surface area contributed by atoms with Gasteiger partial charge in [-0.05, 0) is 38.1 Å². The molecule has 0 aliphatic carbocycles. The maximum atomic E-state index is 10.1. The van der Waals surface area contributed by atoms with Crippen LogP contribution in [0, 0.1) is 17.2 Å². The molecule has 0 spiro atoms. The smallest absolute Gasteiger partial charge is 0.213 e. The molecule has 0 aromatic carbocycles. The fourth-order valence-corrected chi connectivity index (χ4v) is 4.32. The van der Waals surface area contributed by atoms with Crippen molar-refractivity contribution in [3.63, 3.8) is 0 Å². The normalized spacial score (nSPS) is 17.8. The first-order valence-electron chi connectivity index (χ1n) is 11.9. The van der Waals surface area contributed by atoms with Crippen molar-refractivity contribution >= 4 is 11.3 Å². The Kier molecular flexibility index (Phi) is 6.20. The first-order valence-corrected chi connectivity index (χ1v) is 11.9. The molecule has 184 valence electrons. The lowest BCUT2D eigenvalue weighted by Crippen LogP contribution is -2.27. The number of aliphatic hydroxyl groups is 1. The summed E-state index contributed by atoms with van der Waals surface area (Å²) in [6.07, 6.45) is 6.80. The molecule has 0 bridgehead atoms. The van der Waals surface area contributed by atoms with E-state index in [2.05, 4.69) is 28.0 Å². The van der Waals surface area contributed by atoms with Crippen LogP contribution < -0.4 is 14.4 Å². The van der Waals surface area contributed by atoms with Crippen molar-refractivity contribution < 1.29 is 14.6 Å². The summed E-state index contributed by atoms with van der Waals surface area (Å²) >= 11 is 0. The number of hydrogen-bond donors (Lipinski definition) is 1. The summed E-state index contributed by atoms with van der Waals surface area (Å²) in [4.78, 5) is 11.2. The zero-order valence-corrected chi connectivity index (χ0v) is 20.5. The molecule has 5 heterocycles. The van der Waals surface area contributed by atoms with Gasteiger partial charge in [-0.15, -0.1) is 0 Å². The van der Waals surface area contributed by atoms with Crippen LogP contribution in [0.15, 0.2) is 61.2 Å². The van der Waals surface area contributed by atoms with Gasteiger partial charge in [0.1, 0.15) is 30.3 Å². The molecule has 1 aliphatic rings. The topological polar surface area (TPSA) is 109 Å². The zero-order valence-electron chi connectivity index (χ0n) is 20.5. The van der Waals surface area contributed by atoms with Crippen molar-refractivity contribution in [1.29, 1.82) is 5.26 Å². The van der Waals surface area contributed by atoms with Crippen LogP contribution in [0.25, 0.3) is 16.6 Å². The first-order chi connectivity index (χ1) is 17.3. The van der Waals surface area contributed by atoms with Crippen molar-refractivity contribution in [2.45, 2.75) is 32.5 Å². The van der Waals surface area contributed by atoms with Crippen LogP contribution in [0.2, 0.25) is 0 Å². The van der Waals surface area contributed by atoms with E-state index in [1.165, 1.54) is 6.20 Å². The number of fused-ring (bicyclic) bond motifs is 1. The summed E-state index contributed by atoms with van der Waals surface area (Å²) in [6, 6.07) is 13.7. The number of anilines is 1. The van der Waals surface area contributed by atoms with Crippen LogP contribution in [0.4, 0.5) is 5.82 Å². The number of nitriles is 1. The van der Waals surface area contributed by atoms with Crippen molar-refractivity contribution in [2.75, 3.05) is 24.6 Å². The summed E-state index contributed by atoms with van der Waals surface area (Å²) in [6.45, 7) is 7.20. The van der Waals surface area contributed by atoms with E-state index in [0.717, 1.165) is 30.0 Å². The Morgan fingerprint density at radius 3 is 2.72 bits per heavy atom. The average Bonchev–Trinajstić information content (AvgIpc) is 3.45. The van der Waals surface area contributed by atoms with Crippen LogP contribution in [0.3, 0.4) is 0 Å². The van der Waals surface area contributed by atoms with E-state index in [0.29, 0.717) is 28.6 Å². The van der Waals surface area contributed by atoms with Gasteiger partial charge in [-0.25, -0.2) is 14.5 Å². The standard InChI is InChI=1S/C27H28N6O3/c1-18-14-32(16-23(18)36-25-6-4-5-9-29-25)24-8-7-19(12-30-24)22-10-21(35-17-27(2,3)34)15-33-26(22)20(11-28)13-31-33/h4-10,12-13,15,18,23,34H,14,16-17H2,1-3H3/t18-,23-/m1/s1. The largest absolute Gasteiger partial charge is 0.489 e. The lowest BCUT2D eigenvalue weighted by Gasteiger charge is -2.19. The molecule has 1 aliphatic heterocycles. The van der Waals surface area contributed by atoms with E-state index in [1.807, 2.05) is 36.4 Å². The molecule has 4 aromatic rings. The third kappa shape index (κ3) is 4.95. The van der Waals surface area contributed by atoms with Gasteiger partial charge in [0, 0.05) is 42.0 Å². The highest BCUT2D eigenvalue weighted by molar-refractivity contribution is 5.85. The zero-order chi connectivity index (χ0) is 25.3. The van der Waals surface area contributed by atoms with E-state index in [1.54, 1.807) is 37.0 Å². The van der Waals surface area contributed by atoms with Gasteiger partial charge in [-0.3, -0.25) is 0 Å². The lowest BCUT2D eigenvalue weighted by molar-refractivity contribution is 0.0283. The molecule has 1 N–H and O–H groups in total. The Bertz CT molecular complexity index is 1390. The van der Waals surface area contributed by atoms with Crippen LogP contribution in [0.1, 0.15) is 26.3 Å². The second-order valence-corrected chi connectivity index (χ2v) is 9.77. The van der Waals surface area contributed by atoms with Crippen LogP contribution in [0.5, 0.6) is 11.6 Å². The number of nitrogens with zero attached hydrogens (tertiary/aromatic N) is 6. The van der Waals surface area contributed by atoms with E-state index in [-0.39, 0.29) is 12.7 Å². The fraction of sp³-hybridized carbons (Fsp3) is 0.333. The monoisotopic (exact) mass is 484 g/mol. The highest BCUT2D eigenvalue weighted by Crippen LogP contribution is 2.32. The quantitative estimate of drug-likeness (QED) is 0.423. The van der Waals surface area contributed by atoms with Crippen molar-refractivity contribution in [1.82, 2.24) is 19.6 Å². The maximum Gasteiger partial charge on any atom is 0.213 e. The van der Waals surface area contributed by atoms with E-state index >= 15 is 0 Å². The molecule has 0 radical (unpaired) electrons. The molecule has 9 nitrogen and oxygen atoms in total. The Balaban J connectivity index is 1.40. The molecule has 5 rings (SSSR count). The molecule has 9 heteroatoms. The van der Waals surface area contributed by atoms with E-state index in [9.17, 15) is 10.4 Å². The molecular weight excluding hydrogens is 456 g/mol. The molecule has 0 unspecified atom stereocenters. The Morgan fingerprint density at radius 2 is 2.03 bits per heavy atom. The van der Waals surface area contributed by atoms with E-state index < -0.39 is 5.60 Å². The molecule has 1 fully saturated rings. The van der Waals surface area contributed by atoms with Gasteiger partial charge in [0.15, 0.2) is 0 Å². The summed E-state index contributed by atoms with van der Waals surface area (Å²) in [5.41, 5.74) is 1.78. The molecular formula is C27H28N6O3. The molecule has 1 saturated heterocycles. The number of ether oxygens (including phenoxy) is 2. The predicted molar refractivity (Wildman–Crippen MR) is 135 cm³/mol. The summed E-state index contributed by atoms with van der Waals surface area (Å²) < 4.78 is 13.6. The Hall–Kier alpha value is -4.16. The lowest BCUT2D eigenvalue weighted by atomic mass is 10.1. The van der Waals surface area contributed by atoms with Gasteiger partial charge in [0.25, 0.3) is 0 Å². The van der Waals surface area contributed by atoms with E-state index in [4.69, 9.17) is 14.5 Å². The minimum absolute atomic E-state index is 0.0237. The molecule has 36 heavy (non-hydrogen) atoms. The second kappa shape index (κ2) is 9.47. The van der Waals surface area contributed by atoms with Crippen molar-refractivity contribution in [3.05, 3.63) is 66.7 Å². The SMILES string of the molecule is C[C@@H]1CN(c2ccc(-c3cc(OCC(C)(C)O)cn4ncc(C#N)c34)cn2)C[C@H]1Oc1ccccn1. The molecule has 0 amide bonds. The third-order valence-corrected chi connectivity index (χ3v) is 6.14. The van der Waals surface area contributed by atoms with Gasteiger partial charge < -0.3 is 19.5 Å². The second-order valence-electron chi connectivity index (χ2n) is 9.77. The fourth-order valence-electron chi connectivity index (χ4n) is 4.32. The highest BCUT2D eigenvalue weighted by atomic mass is 16.5. The van der Waals surface area contributed by atoms with Crippen molar-refractivity contribution in [3.8, 4) is 28.8 Å². The van der Waals surface area contributed by atoms with Crippen molar-refractivity contribution in [2.24, 2.45) is 5.92 Å².